The van der Waals surface area contributed by atoms with Crippen LogP contribution in [0.5, 0.6) is 11.5 Å². The highest BCUT2D eigenvalue weighted by molar-refractivity contribution is 5.45. The molecule has 1 atom stereocenters. The van der Waals surface area contributed by atoms with Crippen LogP contribution >= 0.6 is 0 Å². The molecule has 13 heavy (non-hydrogen) atoms. The number of phenols is 2. The fourth-order valence-corrected chi connectivity index (χ4v) is 1.02. The van der Waals surface area contributed by atoms with Crippen molar-refractivity contribution < 1.29 is 10.2 Å². The summed E-state index contributed by atoms with van der Waals surface area (Å²) >= 11 is 0. The number of hydrogen-bond donors (Lipinski definition) is 3. The van der Waals surface area contributed by atoms with Crippen molar-refractivity contribution in [1.82, 2.24) is 0 Å². The predicted octanol–water partition coefficient (Wildman–Crippen LogP) is 0.795. The van der Waals surface area contributed by atoms with Crippen LogP contribution < -0.4 is 5.73 Å². The van der Waals surface area contributed by atoms with Crippen molar-refractivity contribution in [3.8, 4) is 17.6 Å². The molecule has 1 aromatic rings. The van der Waals surface area contributed by atoms with Gasteiger partial charge in [0, 0.05) is 11.6 Å². The Morgan fingerprint density at radius 1 is 1.46 bits per heavy atom. The number of rotatable bonds is 1. The van der Waals surface area contributed by atoms with Crippen molar-refractivity contribution in [3.05, 3.63) is 23.8 Å². The Hall–Kier alpha value is -1.73. The Morgan fingerprint density at radius 3 is 2.54 bits per heavy atom. The van der Waals surface area contributed by atoms with Gasteiger partial charge in [0.05, 0.1) is 6.07 Å². The topological polar surface area (TPSA) is 90.3 Å². The number of hydrogen-bond acceptors (Lipinski definition) is 4. The number of phenolic OH excluding ortho intramolecular Hbond substituents is 2. The maximum atomic E-state index is 9.37. The van der Waals surface area contributed by atoms with Gasteiger partial charge < -0.3 is 15.9 Å². The summed E-state index contributed by atoms with van der Waals surface area (Å²) in [7, 11) is 0. The maximum absolute atomic E-state index is 9.37. The molecule has 4 nitrogen and oxygen atoms in total. The molecule has 0 saturated heterocycles. The molecule has 0 radical (unpaired) electrons. The lowest BCUT2D eigenvalue weighted by molar-refractivity contribution is 0.436. The predicted molar refractivity (Wildman–Crippen MR) is 46.9 cm³/mol. The Balaban J connectivity index is 3.26. The number of nitriles is 1. The van der Waals surface area contributed by atoms with Crippen LogP contribution in [0, 0.1) is 11.3 Å². The van der Waals surface area contributed by atoms with Gasteiger partial charge >= 0.3 is 0 Å². The summed E-state index contributed by atoms with van der Waals surface area (Å²) in [5, 5.41) is 27.1. The van der Waals surface area contributed by atoms with Crippen molar-refractivity contribution in [1.29, 1.82) is 5.26 Å². The molecule has 0 aromatic heterocycles. The number of nitrogens with two attached hydrogens (primary N) is 1. The molecule has 0 spiro atoms. The SMILES string of the molecule is C[C@@](N)(C#N)c1ccc(O)cc1O. The quantitative estimate of drug-likeness (QED) is 0.593. The lowest BCUT2D eigenvalue weighted by Crippen LogP contribution is -2.30. The van der Waals surface area contributed by atoms with E-state index in [-0.39, 0.29) is 11.5 Å². The fourth-order valence-electron chi connectivity index (χ4n) is 1.02. The standard InChI is InChI=1S/C9H10N2O2/c1-9(11,5-10)7-3-2-6(12)4-8(7)13/h2-4,12-13H,11H2,1H3/t9-/m1/s1. The van der Waals surface area contributed by atoms with Crippen LogP contribution in [0.25, 0.3) is 0 Å². The van der Waals surface area contributed by atoms with Gasteiger partial charge in [-0.3, -0.25) is 0 Å². The van der Waals surface area contributed by atoms with Crippen molar-refractivity contribution >= 4 is 0 Å². The monoisotopic (exact) mass is 178 g/mol. The highest BCUT2D eigenvalue weighted by atomic mass is 16.3. The molecular formula is C9H10N2O2. The summed E-state index contributed by atoms with van der Waals surface area (Å²) in [6, 6.07) is 5.80. The van der Waals surface area contributed by atoms with E-state index in [1.807, 2.05) is 6.07 Å². The van der Waals surface area contributed by atoms with Gasteiger partial charge in [-0.1, -0.05) is 0 Å². The molecule has 68 valence electrons. The minimum atomic E-state index is -1.24. The van der Waals surface area contributed by atoms with Gasteiger partial charge in [0.15, 0.2) is 0 Å². The minimum absolute atomic E-state index is 0.0602. The van der Waals surface area contributed by atoms with E-state index in [4.69, 9.17) is 16.1 Å². The molecule has 4 N–H and O–H groups in total. The van der Waals surface area contributed by atoms with Crippen LogP contribution in [-0.4, -0.2) is 10.2 Å². The Labute approximate surface area is 75.8 Å². The third-order valence-corrected chi connectivity index (χ3v) is 1.77. The maximum Gasteiger partial charge on any atom is 0.130 e. The summed E-state index contributed by atoms with van der Waals surface area (Å²) < 4.78 is 0. The first kappa shape index (κ1) is 9.36. The van der Waals surface area contributed by atoms with Gasteiger partial charge in [-0.2, -0.15) is 5.26 Å². The number of nitrogens with zero attached hydrogens (tertiary/aromatic N) is 1. The number of aromatic hydroxyl groups is 2. The van der Waals surface area contributed by atoms with E-state index in [1.54, 1.807) is 0 Å². The van der Waals surface area contributed by atoms with Gasteiger partial charge in [-0.25, -0.2) is 0 Å². The molecular weight excluding hydrogens is 168 g/mol. The molecule has 0 aliphatic carbocycles. The van der Waals surface area contributed by atoms with Crippen LogP contribution in [0.15, 0.2) is 18.2 Å². The minimum Gasteiger partial charge on any atom is -0.508 e. The third-order valence-electron chi connectivity index (χ3n) is 1.77. The molecule has 1 rings (SSSR count). The average Bonchev–Trinajstić information content (AvgIpc) is 2.03. The summed E-state index contributed by atoms with van der Waals surface area (Å²) in [4.78, 5) is 0. The molecule has 4 heteroatoms. The van der Waals surface area contributed by atoms with E-state index >= 15 is 0 Å². The second-order valence-electron chi connectivity index (χ2n) is 3.02. The largest absolute Gasteiger partial charge is 0.508 e. The highest BCUT2D eigenvalue weighted by Gasteiger charge is 2.23. The first-order chi connectivity index (χ1) is 5.97. The highest BCUT2D eigenvalue weighted by Crippen LogP contribution is 2.29. The first-order valence-corrected chi connectivity index (χ1v) is 3.70. The van der Waals surface area contributed by atoms with E-state index < -0.39 is 5.54 Å². The van der Waals surface area contributed by atoms with Crippen LogP contribution in [0.3, 0.4) is 0 Å². The smallest absolute Gasteiger partial charge is 0.130 e. The van der Waals surface area contributed by atoms with Crippen LogP contribution in [0.4, 0.5) is 0 Å². The molecule has 0 bridgehead atoms. The van der Waals surface area contributed by atoms with Gasteiger partial charge in [-0.15, -0.1) is 0 Å². The lowest BCUT2D eigenvalue weighted by atomic mass is 9.94. The zero-order valence-electron chi connectivity index (χ0n) is 7.15. The van der Waals surface area contributed by atoms with E-state index in [1.165, 1.54) is 19.1 Å². The van der Waals surface area contributed by atoms with E-state index in [9.17, 15) is 5.11 Å². The Morgan fingerprint density at radius 2 is 2.08 bits per heavy atom. The second-order valence-corrected chi connectivity index (χ2v) is 3.02. The van der Waals surface area contributed by atoms with Crippen molar-refractivity contribution in [2.75, 3.05) is 0 Å². The van der Waals surface area contributed by atoms with Gasteiger partial charge in [0.2, 0.25) is 0 Å². The lowest BCUT2D eigenvalue weighted by Gasteiger charge is -2.16. The second kappa shape index (κ2) is 2.96. The fraction of sp³-hybridized carbons (Fsp3) is 0.222. The van der Waals surface area contributed by atoms with Crippen molar-refractivity contribution in [3.63, 3.8) is 0 Å². The zero-order valence-corrected chi connectivity index (χ0v) is 7.15. The molecule has 0 saturated carbocycles. The van der Waals surface area contributed by atoms with E-state index in [0.29, 0.717) is 5.56 Å². The van der Waals surface area contributed by atoms with Crippen LogP contribution in [-0.2, 0) is 5.54 Å². The zero-order chi connectivity index (χ0) is 10.1. The summed E-state index contributed by atoms with van der Waals surface area (Å²) in [6.07, 6.45) is 0. The average molecular weight is 178 g/mol. The molecule has 0 aliphatic rings. The molecule has 0 heterocycles. The van der Waals surface area contributed by atoms with Crippen molar-refractivity contribution in [2.24, 2.45) is 5.73 Å². The summed E-state index contributed by atoms with van der Waals surface area (Å²) in [5.74, 6) is -0.235. The van der Waals surface area contributed by atoms with Gasteiger partial charge in [0.1, 0.15) is 17.0 Å². The third kappa shape index (κ3) is 1.71. The van der Waals surface area contributed by atoms with Crippen LogP contribution in [0.2, 0.25) is 0 Å². The molecule has 0 amide bonds. The van der Waals surface area contributed by atoms with Gasteiger partial charge in [0.25, 0.3) is 0 Å². The molecule has 0 fully saturated rings. The van der Waals surface area contributed by atoms with Crippen molar-refractivity contribution in [2.45, 2.75) is 12.5 Å². The first-order valence-electron chi connectivity index (χ1n) is 3.70. The molecule has 0 aliphatic heterocycles. The number of benzene rings is 1. The molecule has 0 unspecified atom stereocenters. The van der Waals surface area contributed by atoms with E-state index in [2.05, 4.69) is 0 Å². The normalized spacial score (nSPS) is 14.5. The Bertz CT molecular complexity index is 366. The van der Waals surface area contributed by atoms with E-state index in [0.717, 1.165) is 6.07 Å². The summed E-state index contributed by atoms with van der Waals surface area (Å²) in [5.41, 5.74) is 4.65. The molecule has 1 aromatic carbocycles. The summed E-state index contributed by atoms with van der Waals surface area (Å²) in [6.45, 7) is 1.49. The van der Waals surface area contributed by atoms with Crippen LogP contribution in [0.1, 0.15) is 12.5 Å². The van der Waals surface area contributed by atoms with Gasteiger partial charge in [-0.05, 0) is 19.1 Å². The Kier molecular flexibility index (Phi) is 2.13.